The predicted octanol–water partition coefficient (Wildman–Crippen LogP) is 2.03. The first-order valence-electron chi connectivity index (χ1n) is 6.27. The Hall–Kier alpha value is -0.220. The topological polar surface area (TPSA) is 41.1 Å². The minimum absolute atomic E-state index is 0.123. The predicted molar refractivity (Wildman–Crippen MR) is 73.0 cm³/mol. The van der Waals surface area contributed by atoms with Gasteiger partial charge in [0.25, 0.3) is 0 Å². The SMILES string of the molecule is CCCNCC(=O)NCCCCCCSC. The van der Waals surface area contributed by atoms with E-state index in [4.69, 9.17) is 0 Å². The van der Waals surface area contributed by atoms with Crippen LogP contribution in [0, 0.1) is 0 Å². The van der Waals surface area contributed by atoms with Crippen molar-refractivity contribution >= 4 is 17.7 Å². The van der Waals surface area contributed by atoms with Gasteiger partial charge in [0.1, 0.15) is 0 Å². The van der Waals surface area contributed by atoms with Gasteiger partial charge in [-0.2, -0.15) is 11.8 Å². The van der Waals surface area contributed by atoms with E-state index in [-0.39, 0.29) is 5.91 Å². The number of carbonyl (C=O) groups excluding carboxylic acids is 1. The van der Waals surface area contributed by atoms with Gasteiger partial charge in [0.05, 0.1) is 6.54 Å². The number of carbonyl (C=O) groups is 1. The molecule has 0 aromatic rings. The van der Waals surface area contributed by atoms with Crippen LogP contribution in [0.25, 0.3) is 0 Å². The van der Waals surface area contributed by atoms with Gasteiger partial charge >= 0.3 is 0 Å². The first-order chi connectivity index (χ1) is 7.81. The largest absolute Gasteiger partial charge is 0.355 e. The van der Waals surface area contributed by atoms with E-state index < -0.39 is 0 Å². The van der Waals surface area contributed by atoms with Gasteiger partial charge < -0.3 is 10.6 Å². The monoisotopic (exact) mass is 246 g/mol. The van der Waals surface area contributed by atoms with Crippen molar-refractivity contribution in [1.29, 1.82) is 0 Å². The third-order valence-electron chi connectivity index (χ3n) is 2.31. The van der Waals surface area contributed by atoms with E-state index in [1.165, 1.54) is 25.0 Å². The van der Waals surface area contributed by atoms with Crippen LogP contribution in [0.4, 0.5) is 0 Å². The quantitative estimate of drug-likeness (QED) is 0.548. The summed E-state index contributed by atoms with van der Waals surface area (Å²) in [6.45, 7) is 4.30. The van der Waals surface area contributed by atoms with Gasteiger partial charge in [0.2, 0.25) is 5.91 Å². The Kier molecular flexibility index (Phi) is 12.7. The summed E-state index contributed by atoms with van der Waals surface area (Å²) in [5.41, 5.74) is 0. The van der Waals surface area contributed by atoms with Gasteiger partial charge in [-0.3, -0.25) is 4.79 Å². The van der Waals surface area contributed by atoms with Crippen molar-refractivity contribution in [3.8, 4) is 0 Å². The summed E-state index contributed by atoms with van der Waals surface area (Å²) in [5, 5.41) is 6.01. The molecule has 0 bridgehead atoms. The molecule has 0 fully saturated rings. The van der Waals surface area contributed by atoms with Crippen molar-refractivity contribution < 1.29 is 4.79 Å². The van der Waals surface area contributed by atoms with Crippen molar-refractivity contribution in [3.05, 3.63) is 0 Å². The van der Waals surface area contributed by atoms with Crippen LogP contribution in [0.3, 0.4) is 0 Å². The van der Waals surface area contributed by atoms with Crippen molar-refractivity contribution in [2.45, 2.75) is 39.0 Å². The average molecular weight is 246 g/mol. The highest BCUT2D eigenvalue weighted by Gasteiger charge is 1.98. The summed E-state index contributed by atoms with van der Waals surface area (Å²) in [7, 11) is 0. The zero-order valence-corrected chi connectivity index (χ0v) is 11.5. The van der Waals surface area contributed by atoms with E-state index in [9.17, 15) is 4.79 Å². The van der Waals surface area contributed by atoms with Crippen molar-refractivity contribution in [2.24, 2.45) is 0 Å². The maximum Gasteiger partial charge on any atom is 0.233 e. The minimum Gasteiger partial charge on any atom is -0.355 e. The molecule has 16 heavy (non-hydrogen) atoms. The third-order valence-corrected chi connectivity index (χ3v) is 3.01. The van der Waals surface area contributed by atoms with E-state index in [2.05, 4.69) is 23.8 Å². The molecule has 0 aliphatic heterocycles. The number of amides is 1. The van der Waals surface area contributed by atoms with Gasteiger partial charge in [0.15, 0.2) is 0 Å². The summed E-state index contributed by atoms with van der Waals surface area (Å²) >= 11 is 1.90. The van der Waals surface area contributed by atoms with Gasteiger partial charge in [-0.25, -0.2) is 0 Å². The maximum absolute atomic E-state index is 11.3. The van der Waals surface area contributed by atoms with Crippen LogP contribution in [-0.4, -0.2) is 37.6 Å². The zero-order chi connectivity index (χ0) is 12.1. The lowest BCUT2D eigenvalue weighted by molar-refractivity contribution is -0.120. The molecule has 1 amide bonds. The molecule has 2 N–H and O–H groups in total. The molecule has 0 unspecified atom stereocenters. The summed E-state index contributed by atoms with van der Waals surface area (Å²) in [6.07, 6.45) is 8.13. The molecular weight excluding hydrogens is 220 g/mol. The smallest absolute Gasteiger partial charge is 0.233 e. The summed E-state index contributed by atoms with van der Waals surface area (Å²) in [5.74, 6) is 1.38. The lowest BCUT2D eigenvalue weighted by Crippen LogP contribution is -2.34. The van der Waals surface area contributed by atoms with Crippen LogP contribution in [-0.2, 0) is 4.79 Å². The highest BCUT2D eigenvalue weighted by atomic mass is 32.2. The molecule has 0 heterocycles. The zero-order valence-electron chi connectivity index (χ0n) is 10.7. The number of unbranched alkanes of at least 4 members (excludes halogenated alkanes) is 3. The first-order valence-corrected chi connectivity index (χ1v) is 7.67. The average Bonchev–Trinajstić information content (AvgIpc) is 2.28. The second-order valence-corrected chi connectivity index (χ2v) is 4.92. The van der Waals surface area contributed by atoms with Gasteiger partial charge in [-0.05, 0) is 37.8 Å². The Morgan fingerprint density at radius 1 is 1.12 bits per heavy atom. The second-order valence-electron chi connectivity index (χ2n) is 3.93. The van der Waals surface area contributed by atoms with Crippen LogP contribution in [0.5, 0.6) is 0 Å². The summed E-state index contributed by atoms with van der Waals surface area (Å²) in [6, 6.07) is 0. The molecule has 0 spiro atoms. The maximum atomic E-state index is 11.3. The van der Waals surface area contributed by atoms with E-state index in [1.807, 2.05) is 11.8 Å². The molecular formula is C12H26N2OS. The highest BCUT2D eigenvalue weighted by Crippen LogP contribution is 2.03. The lowest BCUT2D eigenvalue weighted by atomic mass is 10.2. The molecule has 0 radical (unpaired) electrons. The van der Waals surface area contributed by atoms with Crippen molar-refractivity contribution in [2.75, 3.05) is 31.6 Å². The van der Waals surface area contributed by atoms with Crippen LogP contribution in [0.15, 0.2) is 0 Å². The Balaban J connectivity index is 3.09. The molecule has 0 rings (SSSR count). The molecule has 4 heteroatoms. The molecule has 0 aliphatic rings. The normalized spacial score (nSPS) is 10.4. The van der Waals surface area contributed by atoms with E-state index in [0.29, 0.717) is 6.54 Å². The highest BCUT2D eigenvalue weighted by molar-refractivity contribution is 7.98. The Morgan fingerprint density at radius 3 is 2.56 bits per heavy atom. The van der Waals surface area contributed by atoms with Gasteiger partial charge in [-0.15, -0.1) is 0 Å². The standard InChI is InChI=1S/C12H26N2OS/c1-3-8-13-11-12(15)14-9-6-4-5-7-10-16-2/h13H,3-11H2,1-2H3,(H,14,15). The Morgan fingerprint density at radius 2 is 1.88 bits per heavy atom. The van der Waals surface area contributed by atoms with Gasteiger partial charge in [-0.1, -0.05) is 19.8 Å². The first kappa shape index (κ1) is 15.8. The number of hydrogen-bond acceptors (Lipinski definition) is 3. The minimum atomic E-state index is 0.123. The fourth-order valence-electron chi connectivity index (χ4n) is 1.39. The van der Waals surface area contributed by atoms with Gasteiger partial charge in [0, 0.05) is 6.54 Å². The Labute approximate surface area is 104 Å². The Bertz CT molecular complexity index is 165. The molecule has 0 aromatic carbocycles. The molecule has 3 nitrogen and oxygen atoms in total. The van der Waals surface area contributed by atoms with Crippen LogP contribution >= 0.6 is 11.8 Å². The van der Waals surface area contributed by atoms with E-state index in [0.717, 1.165) is 25.9 Å². The second kappa shape index (κ2) is 12.8. The number of thioether (sulfide) groups is 1. The van der Waals surface area contributed by atoms with Crippen molar-refractivity contribution in [1.82, 2.24) is 10.6 Å². The molecule has 96 valence electrons. The number of hydrogen-bond donors (Lipinski definition) is 2. The molecule has 0 aromatic heterocycles. The number of nitrogens with one attached hydrogen (secondary N) is 2. The van der Waals surface area contributed by atoms with Crippen LogP contribution in [0.1, 0.15) is 39.0 Å². The molecule has 0 aliphatic carbocycles. The fraction of sp³-hybridized carbons (Fsp3) is 0.917. The summed E-state index contributed by atoms with van der Waals surface area (Å²) in [4.78, 5) is 11.3. The van der Waals surface area contributed by atoms with Crippen LogP contribution in [0.2, 0.25) is 0 Å². The molecule has 0 saturated carbocycles. The fourth-order valence-corrected chi connectivity index (χ4v) is 1.89. The van der Waals surface area contributed by atoms with Crippen molar-refractivity contribution in [3.63, 3.8) is 0 Å². The molecule has 0 saturated heterocycles. The summed E-state index contributed by atoms with van der Waals surface area (Å²) < 4.78 is 0. The van der Waals surface area contributed by atoms with E-state index in [1.54, 1.807) is 0 Å². The lowest BCUT2D eigenvalue weighted by Gasteiger charge is -2.05. The number of rotatable bonds is 11. The van der Waals surface area contributed by atoms with E-state index >= 15 is 0 Å². The third kappa shape index (κ3) is 11.9. The molecule has 0 atom stereocenters. The van der Waals surface area contributed by atoms with Crippen LogP contribution < -0.4 is 10.6 Å².